The molecule has 2 unspecified atom stereocenters. The Morgan fingerprint density at radius 2 is 2.04 bits per heavy atom. The maximum absolute atomic E-state index is 12.5. The molecular formula is C19H24FN3O. The molecule has 1 aromatic carbocycles. The summed E-state index contributed by atoms with van der Waals surface area (Å²) in [6, 6.07) is 12.9. The second-order valence-corrected chi connectivity index (χ2v) is 6.56. The Kier molecular flexibility index (Phi) is 4.51. The van der Waals surface area contributed by atoms with Gasteiger partial charge in [-0.15, -0.1) is 0 Å². The minimum Gasteiger partial charge on any atom is -0.318 e. The standard InChI is InChI=1S/C19H21N3O.FH.H2/c1-13-8-9-14(11-17(13)18-7-2-3-10-20-18)21-19(23)22-15-5-4-6-16(22)12-15;;/h2-3,7-11,15-16H,4-6,12H2,1H3,(H,21,23);2*1H. The zero-order valence-corrected chi connectivity index (χ0v) is 13.7. The lowest BCUT2D eigenvalue weighted by atomic mass is 9.80. The van der Waals surface area contributed by atoms with Crippen LogP contribution in [0.1, 0.15) is 32.7 Å². The fourth-order valence-corrected chi connectivity index (χ4v) is 3.82. The van der Waals surface area contributed by atoms with Crippen LogP contribution in [0.4, 0.5) is 15.2 Å². The second kappa shape index (κ2) is 6.59. The molecule has 2 aliphatic rings. The highest BCUT2D eigenvalue weighted by Crippen LogP contribution is 2.38. The van der Waals surface area contributed by atoms with Crippen molar-refractivity contribution in [3.63, 3.8) is 0 Å². The average Bonchev–Trinajstić information content (AvgIpc) is 2.58. The number of urea groups is 1. The number of aryl methyl sites for hydroxylation is 1. The molecule has 1 N–H and O–H groups in total. The molecule has 2 bridgehead atoms. The zero-order valence-electron chi connectivity index (χ0n) is 13.7. The minimum absolute atomic E-state index is 0. The molecule has 2 amide bonds. The maximum Gasteiger partial charge on any atom is 0.322 e. The molecule has 2 atom stereocenters. The Hall–Kier alpha value is -2.43. The molecule has 0 radical (unpaired) electrons. The SMILES string of the molecule is Cc1ccc(NC(=O)N2C3CCCC2C3)cc1-c1ccccn1.F.[HH]. The van der Waals surface area contributed by atoms with Crippen molar-refractivity contribution < 1.29 is 10.9 Å². The van der Waals surface area contributed by atoms with Gasteiger partial charge in [0.2, 0.25) is 0 Å². The summed E-state index contributed by atoms with van der Waals surface area (Å²) in [5, 5.41) is 3.07. The first-order chi connectivity index (χ1) is 11.2. The van der Waals surface area contributed by atoms with E-state index in [9.17, 15) is 4.79 Å². The number of piperidine rings is 1. The van der Waals surface area contributed by atoms with Gasteiger partial charge in [-0.3, -0.25) is 9.69 Å². The van der Waals surface area contributed by atoms with Crippen LogP contribution in [0.25, 0.3) is 11.3 Å². The number of hydrogen-bond donors (Lipinski definition) is 1. The normalized spacial score (nSPS) is 21.5. The molecule has 2 fully saturated rings. The van der Waals surface area contributed by atoms with Gasteiger partial charge in [-0.2, -0.15) is 0 Å². The fourth-order valence-electron chi connectivity index (χ4n) is 3.82. The van der Waals surface area contributed by atoms with Gasteiger partial charge in [-0.25, -0.2) is 4.79 Å². The van der Waals surface area contributed by atoms with Crippen LogP contribution in [-0.4, -0.2) is 28.0 Å². The predicted molar refractivity (Wildman–Crippen MR) is 95.9 cm³/mol. The smallest absolute Gasteiger partial charge is 0.318 e. The third-order valence-electron chi connectivity index (χ3n) is 5.07. The molecule has 4 rings (SSSR count). The number of carbonyl (C=O) groups is 1. The van der Waals surface area contributed by atoms with Gasteiger partial charge in [0.05, 0.1) is 5.69 Å². The monoisotopic (exact) mass is 329 g/mol. The summed E-state index contributed by atoms with van der Waals surface area (Å²) in [6.07, 6.45) is 6.53. The number of pyridine rings is 1. The number of hydrogen-bond acceptors (Lipinski definition) is 2. The van der Waals surface area contributed by atoms with Crippen LogP contribution in [0.5, 0.6) is 0 Å². The number of fused-ring (bicyclic) bond motifs is 2. The van der Waals surface area contributed by atoms with Gasteiger partial charge in [0, 0.05) is 31.0 Å². The molecule has 4 nitrogen and oxygen atoms in total. The summed E-state index contributed by atoms with van der Waals surface area (Å²) in [4.78, 5) is 19.0. The number of nitrogens with one attached hydrogen (secondary N) is 1. The highest BCUT2D eigenvalue weighted by Gasteiger charge is 2.44. The van der Waals surface area contributed by atoms with E-state index in [0.29, 0.717) is 12.1 Å². The highest BCUT2D eigenvalue weighted by molar-refractivity contribution is 5.91. The van der Waals surface area contributed by atoms with Crippen LogP contribution in [0.15, 0.2) is 42.6 Å². The second-order valence-electron chi connectivity index (χ2n) is 6.56. The molecule has 3 heterocycles. The van der Waals surface area contributed by atoms with Gasteiger partial charge < -0.3 is 10.2 Å². The number of anilines is 1. The Labute approximate surface area is 142 Å². The average molecular weight is 329 g/mol. The third-order valence-corrected chi connectivity index (χ3v) is 5.07. The quantitative estimate of drug-likeness (QED) is 0.874. The van der Waals surface area contributed by atoms with Crippen molar-refractivity contribution in [1.82, 2.24) is 9.88 Å². The van der Waals surface area contributed by atoms with Gasteiger partial charge in [0.15, 0.2) is 0 Å². The number of carbonyl (C=O) groups excluding carboxylic acids is 1. The largest absolute Gasteiger partial charge is 0.322 e. The van der Waals surface area contributed by atoms with Crippen LogP contribution in [0.3, 0.4) is 0 Å². The zero-order chi connectivity index (χ0) is 15.8. The lowest BCUT2D eigenvalue weighted by molar-refractivity contribution is 0.0173. The first-order valence-corrected chi connectivity index (χ1v) is 8.34. The van der Waals surface area contributed by atoms with Crippen molar-refractivity contribution in [1.29, 1.82) is 0 Å². The molecule has 0 spiro atoms. The summed E-state index contributed by atoms with van der Waals surface area (Å²) in [7, 11) is 0. The van der Waals surface area contributed by atoms with Crippen molar-refractivity contribution in [2.45, 2.75) is 44.7 Å². The molecule has 24 heavy (non-hydrogen) atoms. The highest BCUT2D eigenvalue weighted by atomic mass is 19.0. The van der Waals surface area contributed by atoms with E-state index in [1.807, 2.05) is 41.3 Å². The Morgan fingerprint density at radius 1 is 1.25 bits per heavy atom. The van der Waals surface area contributed by atoms with Crippen LogP contribution in [-0.2, 0) is 0 Å². The van der Waals surface area contributed by atoms with Gasteiger partial charge >= 0.3 is 6.03 Å². The summed E-state index contributed by atoms with van der Waals surface area (Å²) in [5.74, 6) is 0. The van der Waals surface area contributed by atoms with Crippen LogP contribution in [0.2, 0.25) is 0 Å². The molecule has 1 aromatic heterocycles. The van der Waals surface area contributed by atoms with E-state index in [-0.39, 0.29) is 12.2 Å². The van der Waals surface area contributed by atoms with E-state index in [1.165, 1.54) is 12.8 Å². The molecule has 0 saturated carbocycles. The van der Waals surface area contributed by atoms with Crippen LogP contribution in [0, 0.1) is 6.92 Å². The molecule has 2 aromatic rings. The summed E-state index contributed by atoms with van der Waals surface area (Å²) in [6.45, 7) is 2.06. The van der Waals surface area contributed by atoms with Crippen molar-refractivity contribution in [3.8, 4) is 11.3 Å². The predicted octanol–water partition coefficient (Wildman–Crippen LogP) is 4.61. The molecular weight excluding hydrogens is 305 g/mol. The number of rotatable bonds is 2. The lowest BCUT2D eigenvalue weighted by Gasteiger charge is -2.52. The third kappa shape index (κ3) is 2.86. The number of nitrogens with zero attached hydrogens (tertiary/aromatic N) is 2. The number of aromatic nitrogens is 1. The van der Waals surface area contributed by atoms with Crippen LogP contribution < -0.4 is 5.32 Å². The molecule has 128 valence electrons. The summed E-state index contributed by atoms with van der Waals surface area (Å²) >= 11 is 0. The van der Waals surface area contributed by atoms with E-state index < -0.39 is 0 Å². The topological polar surface area (TPSA) is 45.2 Å². The van der Waals surface area contributed by atoms with Gasteiger partial charge in [-0.1, -0.05) is 12.1 Å². The minimum atomic E-state index is 0. The molecule has 2 saturated heterocycles. The fraction of sp³-hybridized carbons (Fsp3) is 0.368. The van der Waals surface area contributed by atoms with E-state index in [2.05, 4.69) is 17.2 Å². The van der Waals surface area contributed by atoms with E-state index >= 15 is 0 Å². The first-order valence-electron chi connectivity index (χ1n) is 8.34. The van der Waals surface area contributed by atoms with Gasteiger partial charge in [-0.05, 0) is 62.4 Å². The lowest BCUT2D eigenvalue weighted by Crippen LogP contribution is -2.62. The van der Waals surface area contributed by atoms with Crippen molar-refractivity contribution in [2.75, 3.05) is 5.32 Å². The van der Waals surface area contributed by atoms with Crippen molar-refractivity contribution >= 4 is 11.7 Å². The van der Waals surface area contributed by atoms with E-state index in [4.69, 9.17) is 0 Å². The molecule has 0 aliphatic carbocycles. The Balaban J connectivity index is 0.00000113. The van der Waals surface area contributed by atoms with E-state index in [0.717, 1.165) is 35.3 Å². The Bertz CT molecular complexity index is 727. The van der Waals surface area contributed by atoms with Gasteiger partial charge in [0.25, 0.3) is 0 Å². The van der Waals surface area contributed by atoms with E-state index in [1.54, 1.807) is 6.20 Å². The number of amides is 2. The molecule has 5 heteroatoms. The van der Waals surface area contributed by atoms with Crippen molar-refractivity contribution in [2.24, 2.45) is 0 Å². The van der Waals surface area contributed by atoms with Crippen molar-refractivity contribution in [3.05, 3.63) is 48.2 Å². The van der Waals surface area contributed by atoms with Gasteiger partial charge in [0.1, 0.15) is 0 Å². The number of halogens is 1. The molecule has 2 aliphatic heterocycles. The maximum atomic E-state index is 12.5. The Morgan fingerprint density at radius 3 is 2.71 bits per heavy atom. The summed E-state index contributed by atoms with van der Waals surface area (Å²) < 4.78 is 0. The van der Waals surface area contributed by atoms with Crippen LogP contribution >= 0.6 is 0 Å². The first kappa shape index (κ1) is 16.4. The number of benzene rings is 1. The summed E-state index contributed by atoms with van der Waals surface area (Å²) in [5.41, 5.74) is 3.99.